The number of nitrogens with one attached hydrogen (secondary N) is 1. The predicted octanol–water partition coefficient (Wildman–Crippen LogP) is 2.99. The third-order valence-corrected chi connectivity index (χ3v) is 5.68. The van der Waals surface area contributed by atoms with Gasteiger partial charge in [0.25, 0.3) is 0 Å². The van der Waals surface area contributed by atoms with Crippen molar-refractivity contribution in [3.8, 4) is 0 Å². The molecule has 0 bridgehead atoms. The summed E-state index contributed by atoms with van der Waals surface area (Å²) in [5.74, 6) is 1.84. The van der Waals surface area contributed by atoms with E-state index < -0.39 is 0 Å². The van der Waals surface area contributed by atoms with Gasteiger partial charge in [-0.1, -0.05) is 32.0 Å². The SMILES string of the molecule is CSC1CCCC1NC1=NC(C(C)C)CS1. The maximum absolute atomic E-state index is 4.78. The van der Waals surface area contributed by atoms with Gasteiger partial charge >= 0.3 is 0 Å². The zero-order valence-corrected chi connectivity index (χ0v) is 12.0. The second-order valence-corrected chi connectivity index (χ2v) is 7.10. The van der Waals surface area contributed by atoms with Gasteiger partial charge in [-0.05, 0) is 25.0 Å². The first-order chi connectivity index (χ1) is 7.70. The van der Waals surface area contributed by atoms with Gasteiger partial charge in [-0.25, -0.2) is 0 Å². The van der Waals surface area contributed by atoms with Gasteiger partial charge < -0.3 is 5.32 Å². The molecule has 1 saturated carbocycles. The van der Waals surface area contributed by atoms with Gasteiger partial charge in [-0.15, -0.1) is 0 Å². The van der Waals surface area contributed by atoms with Crippen molar-refractivity contribution in [2.75, 3.05) is 12.0 Å². The third kappa shape index (κ3) is 2.89. The van der Waals surface area contributed by atoms with E-state index in [1.165, 1.54) is 24.4 Å². The Balaban J connectivity index is 1.88. The third-order valence-electron chi connectivity index (χ3n) is 3.51. The minimum Gasteiger partial charge on any atom is -0.361 e. The number of thioether (sulfide) groups is 2. The molecule has 0 amide bonds. The summed E-state index contributed by atoms with van der Waals surface area (Å²) in [7, 11) is 0. The Bertz CT molecular complexity index is 266. The maximum atomic E-state index is 4.78. The lowest BCUT2D eigenvalue weighted by atomic mass is 10.1. The molecule has 1 N–H and O–H groups in total. The molecule has 1 aliphatic carbocycles. The summed E-state index contributed by atoms with van der Waals surface area (Å²) in [5.41, 5.74) is 0. The van der Waals surface area contributed by atoms with Crippen LogP contribution in [0.2, 0.25) is 0 Å². The topological polar surface area (TPSA) is 24.4 Å². The van der Waals surface area contributed by atoms with E-state index in [0.29, 0.717) is 18.0 Å². The molecule has 0 saturated heterocycles. The monoisotopic (exact) mass is 258 g/mol. The summed E-state index contributed by atoms with van der Waals surface area (Å²) in [6.45, 7) is 4.52. The van der Waals surface area contributed by atoms with Gasteiger partial charge in [0.05, 0.1) is 6.04 Å². The summed E-state index contributed by atoms with van der Waals surface area (Å²) in [5, 5.41) is 5.65. The van der Waals surface area contributed by atoms with E-state index in [1.54, 1.807) is 0 Å². The summed E-state index contributed by atoms with van der Waals surface area (Å²) in [6.07, 6.45) is 6.28. The maximum Gasteiger partial charge on any atom is 0.157 e. The molecule has 0 radical (unpaired) electrons. The highest BCUT2D eigenvalue weighted by molar-refractivity contribution is 8.14. The predicted molar refractivity (Wildman–Crippen MR) is 76.6 cm³/mol. The van der Waals surface area contributed by atoms with Crippen molar-refractivity contribution in [1.29, 1.82) is 0 Å². The Morgan fingerprint density at radius 1 is 1.44 bits per heavy atom. The number of hydrogen-bond acceptors (Lipinski definition) is 4. The van der Waals surface area contributed by atoms with E-state index in [9.17, 15) is 0 Å². The smallest absolute Gasteiger partial charge is 0.157 e. The molecule has 2 aliphatic rings. The van der Waals surface area contributed by atoms with Crippen molar-refractivity contribution in [2.24, 2.45) is 10.9 Å². The molecule has 3 unspecified atom stereocenters. The lowest BCUT2D eigenvalue weighted by molar-refractivity contribution is 0.540. The molecule has 0 spiro atoms. The molecular formula is C12H22N2S2. The van der Waals surface area contributed by atoms with E-state index in [0.717, 1.165) is 11.0 Å². The average molecular weight is 258 g/mol. The zero-order valence-electron chi connectivity index (χ0n) is 10.4. The highest BCUT2D eigenvalue weighted by atomic mass is 32.2. The van der Waals surface area contributed by atoms with Crippen LogP contribution in [0, 0.1) is 5.92 Å². The van der Waals surface area contributed by atoms with Crippen molar-refractivity contribution in [1.82, 2.24) is 5.32 Å². The first-order valence-corrected chi connectivity index (χ1v) is 8.48. The fourth-order valence-electron chi connectivity index (χ4n) is 2.34. The van der Waals surface area contributed by atoms with Crippen molar-refractivity contribution in [2.45, 2.75) is 50.4 Å². The average Bonchev–Trinajstić information content (AvgIpc) is 2.87. The minimum absolute atomic E-state index is 0.529. The van der Waals surface area contributed by atoms with Gasteiger partial charge in [0, 0.05) is 17.0 Å². The van der Waals surface area contributed by atoms with Crippen LogP contribution in [0.5, 0.6) is 0 Å². The van der Waals surface area contributed by atoms with Crippen molar-refractivity contribution < 1.29 is 0 Å². The first-order valence-electron chi connectivity index (χ1n) is 6.20. The van der Waals surface area contributed by atoms with Gasteiger partial charge in [-0.3, -0.25) is 4.99 Å². The van der Waals surface area contributed by atoms with Crippen molar-refractivity contribution in [3.63, 3.8) is 0 Å². The molecule has 0 aromatic rings. The summed E-state index contributed by atoms with van der Waals surface area (Å²) in [4.78, 5) is 4.78. The van der Waals surface area contributed by atoms with Crippen molar-refractivity contribution in [3.05, 3.63) is 0 Å². The highest BCUT2D eigenvalue weighted by Gasteiger charge is 2.29. The van der Waals surface area contributed by atoms with E-state index in [1.807, 2.05) is 23.5 Å². The Labute approximate surface area is 107 Å². The summed E-state index contributed by atoms with van der Waals surface area (Å²) >= 11 is 3.91. The Hall–Kier alpha value is 0.170. The molecule has 1 aliphatic heterocycles. The zero-order chi connectivity index (χ0) is 11.5. The number of rotatable bonds is 3. The van der Waals surface area contributed by atoms with E-state index >= 15 is 0 Å². The van der Waals surface area contributed by atoms with E-state index in [2.05, 4.69) is 25.4 Å². The first kappa shape index (κ1) is 12.6. The lowest BCUT2D eigenvalue weighted by Gasteiger charge is -2.19. The van der Waals surface area contributed by atoms with Gasteiger partial charge in [-0.2, -0.15) is 11.8 Å². The molecule has 16 heavy (non-hydrogen) atoms. The largest absolute Gasteiger partial charge is 0.361 e. The van der Waals surface area contributed by atoms with Crippen LogP contribution < -0.4 is 5.32 Å². The molecule has 4 heteroatoms. The van der Waals surface area contributed by atoms with Crippen LogP contribution in [-0.4, -0.2) is 34.5 Å². The standard InChI is InChI=1S/C12H22N2S2/c1-8(2)10-7-16-12(14-10)13-9-5-4-6-11(9)15-3/h8-11H,4-7H2,1-3H3,(H,13,14). The van der Waals surface area contributed by atoms with Crippen LogP contribution in [0.4, 0.5) is 0 Å². The van der Waals surface area contributed by atoms with Gasteiger partial charge in [0.15, 0.2) is 5.17 Å². The molecule has 2 nitrogen and oxygen atoms in total. The molecule has 92 valence electrons. The lowest BCUT2D eigenvalue weighted by Crippen LogP contribution is -2.36. The molecule has 0 aromatic carbocycles. The molecule has 1 heterocycles. The normalized spacial score (nSPS) is 34.5. The fraction of sp³-hybridized carbons (Fsp3) is 0.917. The van der Waals surface area contributed by atoms with Gasteiger partial charge in [0.2, 0.25) is 0 Å². The van der Waals surface area contributed by atoms with Crippen LogP contribution in [0.1, 0.15) is 33.1 Å². The summed E-state index contributed by atoms with van der Waals surface area (Å²) in [6, 6.07) is 1.19. The second kappa shape index (κ2) is 5.67. The van der Waals surface area contributed by atoms with E-state index in [4.69, 9.17) is 4.99 Å². The van der Waals surface area contributed by atoms with E-state index in [-0.39, 0.29) is 0 Å². The van der Waals surface area contributed by atoms with Crippen LogP contribution in [0.15, 0.2) is 4.99 Å². The highest BCUT2D eigenvalue weighted by Crippen LogP contribution is 2.30. The number of nitrogens with zero attached hydrogens (tertiary/aromatic N) is 1. The van der Waals surface area contributed by atoms with Crippen molar-refractivity contribution >= 4 is 28.7 Å². The summed E-state index contributed by atoms with van der Waals surface area (Å²) < 4.78 is 0. The van der Waals surface area contributed by atoms with Crippen LogP contribution in [0.3, 0.4) is 0 Å². The number of hydrogen-bond donors (Lipinski definition) is 1. The molecular weight excluding hydrogens is 236 g/mol. The van der Waals surface area contributed by atoms with Crippen LogP contribution in [0.25, 0.3) is 0 Å². The number of aliphatic imine (C=N–C) groups is 1. The minimum atomic E-state index is 0.529. The second-order valence-electron chi connectivity index (χ2n) is 5.01. The molecule has 0 aromatic heterocycles. The van der Waals surface area contributed by atoms with Crippen LogP contribution >= 0.6 is 23.5 Å². The molecule has 1 fully saturated rings. The van der Waals surface area contributed by atoms with Gasteiger partial charge in [0.1, 0.15) is 0 Å². The molecule has 2 rings (SSSR count). The fourth-order valence-corrected chi connectivity index (χ4v) is 4.51. The quantitative estimate of drug-likeness (QED) is 0.842. The Kier molecular flexibility index (Phi) is 4.48. The van der Waals surface area contributed by atoms with Crippen LogP contribution in [-0.2, 0) is 0 Å². The Morgan fingerprint density at radius 2 is 2.25 bits per heavy atom. The Morgan fingerprint density at radius 3 is 2.88 bits per heavy atom. The number of amidine groups is 1. The molecule has 3 atom stereocenters.